The molecule has 0 saturated carbocycles. The highest BCUT2D eigenvalue weighted by Crippen LogP contribution is 2.06. The molecule has 1 fully saturated rings. The first kappa shape index (κ1) is 7.03. The van der Waals surface area contributed by atoms with Crippen LogP contribution in [-0.2, 0) is 0 Å². The summed E-state index contributed by atoms with van der Waals surface area (Å²) in [6, 6.07) is 0.382. The van der Waals surface area contributed by atoms with E-state index in [1.54, 1.807) is 0 Å². The summed E-state index contributed by atoms with van der Waals surface area (Å²) in [6.07, 6.45) is 5.02. The van der Waals surface area contributed by atoms with E-state index in [4.69, 9.17) is 5.11 Å². The van der Waals surface area contributed by atoms with Gasteiger partial charge in [-0.25, -0.2) is 0 Å². The fourth-order valence-corrected chi connectivity index (χ4v) is 1.26. The molecule has 1 rings (SSSR count). The van der Waals surface area contributed by atoms with Gasteiger partial charge in [-0.3, -0.25) is 0 Å². The normalized spacial score (nSPS) is 29.7. The van der Waals surface area contributed by atoms with E-state index in [0.29, 0.717) is 12.6 Å². The topological polar surface area (TPSA) is 32.3 Å². The molecule has 2 N–H and O–H groups in total. The van der Waals surface area contributed by atoms with Gasteiger partial charge < -0.3 is 10.4 Å². The monoisotopic (exact) mass is 129 g/mol. The van der Waals surface area contributed by atoms with Crippen molar-refractivity contribution in [3.63, 3.8) is 0 Å². The van der Waals surface area contributed by atoms with Gasteiger partial charge in [-0.05, 0) is 19.4 Å². The van der Waals surface area contributed by atoms with Crippen LogP contribution in [0.25, 0.3) is 0 Å². The van der Waals surface area contributed by atoms with E-state index in [9.17, 15) is 0 Å². The predicted octanol–water partition coefficient (Wildman–Crippen LogP) is 0.511. The molecule has 1 saturated heterocycles. The third-order valence-corrected chi connectivity index (χ3v) is 1.88. The fraction of sp³-hybridized carbons (Fsp3) is 1.00. The van der Waals surface area contributed by atoms with Crippen LogP contribution in [0.3, 0.4) is 0 Å². The first-order valence-corrected chi connectivity index (χ1v) is 3.77. The highest BCUT2D eigenvalue weighted by Gasteiger charge is 2.08. The summed E-state index contributed by atoms with van der Waals surface area (Å²) in [5.41, 5.74) is 0. The van der Waals surface area contributed by atoms with E-state index < -0.39 is 0 Å². The number of hydrogen-bond acceptors (Lipinski definition) is 2. The number of rotatable bonds is 1. The molecule has 1 unspecified atom stereocenters. The summed E-state index contributed by atoms with van der Waals surface area (Å²) in [5.74, 6) is 0. The summed E-state index contributed by atoms with van der Waals surface area (Å²) in [7, 11) is 0. The van der Waals surface area contributed by atoms with Crippen LogP contribution in [-0.4, -0.2) is 24.3 Å². The number of nitrogens with one attached hydrogen (secondary N) is 1. The molecule has 0 amide bonds. The van der Waals surface area contributed by atoms with E-state index in [1.807, 2.05) is 0 Å². The molecule has 0 aliphatic carbocycles. The van der Waals surface area contributed by atoms with Crippen LogP contribution in [0.4, 0.5) is 0 Å². The van der Waals surface area contributed by atoms with Gasteiger partial charge in [0.2, 0.25) is 0 Å². The Balaban J connectivity index is 2.18. The SMILES string of the molecule is OCC1CCCCCN1. The van der Waals surface area contributed by atoms with Crippen molar-refractivity contribution in [2.24, 2.45) is 0 Å². The molecule has 0 aromatic rings. The fourth-order valence-electron chi connectivity index (χ4n) is 1.26. The molecule has 0 bridgehead atoms. The minimum atomic E-state index is 0.306. The number of aliphatic hydroxyl groups excluding tert-OH is 1. The van der Waals surface area contributed by atoms with Crippen LogP contribution >= 0.6 is 0 Å². The first-order chi connectivity index (χ1) is 4.43. The first-order valence-electron chi connectivity index (χ1n) is 3.77. The third-order valence-electron chi connectivity index (χ3n) is 1.88. The molecular formula is C7H15NO. The number of aliphatic hydroxyl groups is 1. The molecule has 1 aliphatic heterocycles. The van der Waals surface area contributed by atoms with Gasteiger partial charge in [-0.15, -0.1) is 0 Å². The maximum atomic E-state index is 8.75. The Labute approximate surface area is 56.3 Å². The largest absolute Gasteiger partial charge is 0.395 e. The zero-order chi connectivity index (χ0) is 6.53. The van der Waals surface area contributed by atoms with E-state index in [2.05, 4.69) is 5.32 Å². The molecule has 0 aromatic carbocycles. The third kappa shape index (κ3) is 2.33. The molecule has 2 nitrogen and oxygen atoms in total. The lowest BCUT2D eigenvalue weighted by molar-refractivity contribution is 0.240. The lowest BCUT2D eigenvalue weighted by atomic mass is 10.1. The van der Waals surface area contributed by atoms with Gasteiger partial charge in [-0.1, -0.05) is 12.8 Å². The summed E-state index contributed by atoms with van der Waals surface area (Å²) in [6.45, 7) is 1.39. The summed E-state index contributed by atoms with van der Waals surface area (Å²) in [4.78, 5) is 0. The molecule has 0 aromatic heterocycles. The Morgan fingerprint density at radius 1 is 1.33 bits per heavy atom. The minimum Gasteiger partial charge on any atom is -0.395 e. The average Bonchev–Trinajstić information content (AvgIpc) is 2.13. The lowest BCUT2D eigenvalue weighted by Crippen LogP contribution is -2.31. The van der Waals surface area contributed by atoms with Gasteiger partial charge in [0.15, 0.2) is 0 Å². The van der Waals surface area contributed by atoms with Crippen LogP contribution in [0, 0.1) is 0 Å². The number of hydrogen-bond donors (Lipinski definition) is 2. The Morgan fingerprint density at radius 2 is 2.22 bits per heavy atom. The van der Waals surface area contributed by atoms with E-state index >= 15 is 0 Å². The maximum absolute atomic E-state index is 8.75. The van der Waals surface area contributed by atoms with Crippen LogP contribution in [0.5, 0.6) is 0 Å². The van der Waals surface area contributed by atoms with Crippen molar-refractivity contribution in [3.8, 4) is 0 Å². The minimum absolute atomic E-state index is 0.306. The van der Waals surface area contributed by atoms with Gasteiger partial charge in [0.1, 0.15) is 0 Å². The highest BCUT2D eigenvalue weighted by atomic mass is 16.3. The van der Waals surface area contributed by atoms with Crippen molar-refractivity contribution < 1.29 is 5.11 Å². The van der Waals surface area contributed by atoms with Gasteiger partial charge >= 0.3 is 0 Å². The van der Waals surface area contributed by atoms with Gasteiger partial charge in [-0.2, -0.15) is 0 Å². The van der Waals surface area contributed by atoms with Gasteiger partial charge in [0.25, 0.3) is 0 Å². The zero-order valence-corrected chi connectivity index (χ0v) is 5.77. The van der Waals surface area contributed by atoms with Crippen LogP contribution < -0.4 is 5.32 Å². The van der Waals surface area contributed by atoms with Crippen molar-refractivity contribution in [2.75, 3.05) is 13.2 Å². The highest BCUT2D eigenvalue weighted by molar-refractivity contribution is 4.68. The Bertz CT molecular complexity index is 67.3. The maximum Gasteiger partial charge on any atom is 0.0584 e. The summed E-state index contributed by atoms with van der Waals surface area (Å²) < 4.78 is 0. The summed E-state index contributed by atoms with van der Waals surface area (Å²) in [5, 5.41) is 12.0. The predicted molar refractivity (Wildman–Crippen MR) is 37.3 cm³/mol. The van der Waals surface area contributed by atoms with E-state index in [1.165, 1.54) is 19.3 Å². The molecule has 9 heavy (non-hydrogen) atoms. The Morgan fingerprint density at radius 3 is 3.00 bits per heavy atom. The van der Waals surface area contributed by atoms with Crippen LogP contribution in [0.2, 0.25) is 0 Å². The van der Waals surface area contributed by atoms with Crippen molar-refractivity contribution in [1.82, 2.24) is 5.32 Å². The second-order valence-corrected chi connectivity index (χ2v) is 2.68. The van der Waals surface area contributed by atoms with Crippen molar-refractivity contribution in [1.29, 1.82) is 0 Å². The van der Waals surface area contributed by atoms with Crippen LogP contribution in [0.1, 0.15) is 25.7 Å². The molecule has 54 valence electrons. The van der Waals surface area contributed by atoms with E-state index in [-0.39, 0.29) is 0 Å². The quantitative estimate of drug-likeness (QED) is 0.540. The standard InChI is InChI=1S/C7H15NO/c9-6-7-4-2-1-3-5-8-7/h7-9H,1-6H2. The van der Waals surface area contributed by atoms with Crippen molar-refractivity contribution >= 4 is 0 Å². The second-order valence-electron chi connectivity index (χ2n) is 2.68. The molecule has 1 atom stereocenters. The second kappa shape index (κ2) is 3.85. The average molecular weight is 129 g/mol. The molecule has 2 heteroatoms. The van der Waals surface area contributed by atoms with Crippen molar-refractivity contribution in [3.05, 3.63) is 0 Å². The van der Waals surface area contributed by atoms with Gasteiger partial charge in [0, 0.05) is 6.04 Å². The van der Waals surface area contributed by atoms with E-state index in [0.717, 1.165) is 13.0 Å². The lowest BCUT2D eigenvalue weighted by Gasteiger charge is -2.10. The van der Waals surface area contributed by atoms with Gasteiger partial charge in [0.05, 0.1) is 6.61 Å². The molecule has 1 heterocycles. The Kier molecular flexibility index (Phi) is 3.01. The Hall–Kier alpha value is -0.0800. The molecule has 0 spiro atoms. The van der Waals surface area contributed by atoms with Crippen LogP contribution in [0.15, 0.2) is 0 Å². The zero-order valence-electron chi connectivity index (χ0n) is 5.77. The van der Waals surface area contributed by atoms with Crippen molar-refractivity contribution in [2.45, 2.75) is 31.7 Å². The smallest absolute Gasteiger partial charge is 0.0584 e. The molecular weight excluding hydrogens is 114 g/mol. The summed E-state index contributed by atoms with van der Waals surface area (Å²) >= 11 is 0. The molecule has 0 radical (unpaired) electrons. The molecule has 1 aliphatic rings.